The van der Waals surface area contributed by atoms with E-state index in [4.69, 9.17) is 25.5 Å². The van der Waals surface area contributed by atoms with Gasteiger partial charge in [0.25, 0.3) is 0 Å². The fraction of sp³-hybridized carbons (Fsp3) is 0.387. The first kappa shape index (κ1) is 31.2. The van der Waals surface area contributed by atoms with Gasteiger partial charge in [-0.25, -0.2) is 15.1 Å². The van der Waals surface area contributed by atoms with E-state index in [1.54, 1.807) is 18.2 Å². The number of guanidine groups is 1. The number of hydrogen-bond acceptors (Lipinski definition) is 8. The third kappa shape index (κ3) is 9.68. The van der Waals surface area contributed by atoms with Gasteiger partial charge < -0.3 is 30.3 Å². The van der Waals surface area contributed by atoms with Gasteiger partial charge in [0.05, 0.1) is 12.2 Å². The molecule has 0 aromatic heterocycles. The molecule has 3 aromatic rings. The molecule has 0 saturated heterocycles. The summed E-state index contributed by atoms with van der Waals surface area (Å²) >= 11 is 0. The van der Waals surface area contributed by atoms with Crippen molar-refractivity contribution in [2.45, 2.75) is 46.1 Å². The van der Waals surface area contributed by atoms with Crippen molar-refractivity contribution < 1.29 is 23.9 Å². The number of esters is 1. The Bertz CT molecular complexity index is 1310. The molecule has 10 nitrogen and oxygen atoms in total. The van der Waals surface area contributed by atoms with Crippen molar-refractivity contribution in [2.24, 2.45) is 5.73 Å². The zero-order chi connectivity index (χ0) is 29.6. The van der Waals surface area contributed by atoms with Gasteiger partial charge in [-0.15, -0.1) is 0 Å². The van der Waals surface area contributed by atoms with Crippen molar-refractivity contribution in [1.82, 2.24) is 10.2 Å². The smallest absolute Gasteiger partial charge is 0.354 e. The number of likely N-dealkylation sites (N-methyl/N-ethyl adjacent to an activating group) is 1. The number of carbonyl (C=O) groups is 2. The number of nitrogens with one attached hydrogen (secondary N) is 3. The maximum absolute atomic E-state index is 13.1. The first-order valence-electron chi connectivity index (χ1n) is 14.1. The summed E-state index contributed by atoms with van der Waals surface area (Å²) in [6.45, 7) is 9.30. The molecule has 0 amide bonds. The van der Waals surface area contributed by atoms with Crippen LogP contribution in [0.25, 0.3) is 10.8 Å². The molecule has 0 aliphatic carbocycles. The summed E-state index contributed by atoms with van der Waals surface area (Å²) in [6, 6.07) is 17.7. The second-order valence-electron chi connectivity index (χ2n) is 9.60. The molecule has 0 bridgehead atoms. The third-order valence-electron chi connectivity index (χ3n) is 6.64. The average Bonchev–Trinajstić information content (AvgIpc) is 2.97. The number of unbranched alkanes of at least 4 members (excludes halogenated alkanes) is 1. The standard InChI is InChI=1S/C31H41N5O5/c1-4-7-17-39-28-21-25(29(37)40-18-16-36(5-2)6-3)14-15-26(28)35-41-30(38)27(34-31(32)33)20-22-12-13-23-10-8-9-11-24(23)19-22/h8-15,19,21,27,35H,4-7,16-18,20H2,1-3H3,(H4,32,33,34)/t27-/m1/s1. The van der Waals surface area contributed by atoms with E-state index in [0.29, 0.717) is 30.2 Å². The Morgan fingerprint density at radius 3 is 2.44 bits per heavy atom. The van der Waals surface area contributed by atoms with Crippen LogP contribution in [0.4, 0.5) is 5.69 Å². The molecule has 0 spiro atoms. The maximum Gasteiger partial charge on any atom is 0.354 e. The minimum absolute atomic E-state index is 0.253. The van der Waals surface area contributed by atoms with Crippen molar-refractivity contribution in [3.63, 3.8) is 0 Å². The number of rotatable bonds is 16. The van der Waals surface area contributed by atoms with Crippen molar-refractivity contribution in [2.75, 3.05) is 38.3 Å². The Kier molecular flexibility index (Phi) is 12.2. The average molecular weight is 564 g/mol. The lowest BCUT2D eigenvalue weighted by atomic mass is 10.0. The van der Waals surface area contributed by atoms with Crippen LogP contribution in [-0.4, -0.2) is 61.7 Å². The molecule has 0 radical (unpaired) electrons. The van der Waals surface area contributed by atoms with Gasteiger partial charge in [-0.3, -0.25) is 5.41 Å². The summed E-state index contributed by atoms with van der Waals surface area (Å²) in [6.07, 6.45) is 2.00. The molecule has 10 heteroatoms. The van der Waals surface area contributed by atoms with Crippen LogP contribution >= 0.6 is 0 Å². The number of anilines is 1. The highest BCUT2D eigenvalue weighted by molar-refractivity contribution is 5.91. The monoisotopic (exact) mass is 563 g/mol. The van der Waals surface area contributed by atoms with E-state index in [1.807, 2.05) is 49.4 Å². The lowest BCUT2D eigenvalue weighted by Gasteiger charge is -2.19. The van der Waals surface area contributed by atoms with Crippen LogP contribution in [0.2, 0.25) is 0 Å². The van der Waals surface area contributed by atoms with Gasteiger partial charge in [0.1, 0.15) is 24.1 Å². The summed E-state index contributed by atoms with van der Waals surface area (Å²) < 4.78 is 11.4. The highest BCUT2D eigenvalue weighted by atomic mass is 16.7. The van der Waals surface area contributed by atoms with Crippen LogP contribution < -0.4 is 21.3 Å². The Morgan fingerprint density at radius 1 is 0.976 bits per heavy atom. The summed E-state index contributed by atoms with van der Waals surface area (Å²) in [5.41, 5.74) is 9.82. The third-order valence-corrected chi connectivity index (χ3v) is 6.64. The molecule has 0 saturated carbocycles. The van der Waals surface area contributed by atoms with E-state index >= 15 is 0 Å². The molecule has 0 heterocycles. The van der Waals surface area contributed by atoms with Crippen LogP contribution in [0.5, 0.6) is 5.75 Å². The van der Waals surface area contributed by atoms with Crippen LogP contribution in [0.3, 0.4) is 0 Å². The Hall–Kier alpha value is -4.31. The van der Waals surface area contributed by atoms with Crippen LogP contribution in [-0.2, 0) is 20.8 Å². The normalized spacial score (nSPS) is 11.6. The van der Waals surface area contributed by atoms with Gasteiger partial charge >= 0.3 is 11.9 Å². The molecule has 220 valence electrons. The summed E-state index contributed by atoms with van der Waals surface area (Å²) in [5.74, 6) is -1.11. The van der Waals surface area contributed by atoms with Gasteiger partial charge in [-0.1, -0.05) is 69.7 Å². The van der Waals surface area contributed by atoms with Gasteiger partial charge in [0.15, 0.2) is 5.96 Å². The first-order chi connectivity index (χ1) is 19.8. The van der Waals surface area contributed by atoms with Gasteiger partial charge in [0.2, 0.25) is 0 Å². The fourth-order valence-electron chi connectivity index (χ4n) is 4.23. The van der Waals surface area contributed by atoms with E-state index < -0.39 is 18.0 Å². The highest BCUT2D eigenvalue weighted by Crippen LogP contribution is 2.27. The molecule has 3 rings (SSSR count). The second kappa shape index (κ2) is 16.1. The molecule has 5 N–H and O–H groups in total. The van der Waals surface area contributed by atoms with Gasteiger partial charge in [-0.05, 0) is 54.0 Å². The lowest BCUT2D eigenvalue weighted by molar-refractivity contribution is -0.142. The molecule has 3 aromatic carbocycles. The van der Waals surface area contributed by atoms with Crippen LogP contribution in [0.15, 0.2) is 60.7 Å². The van der Waals surface area contributed by atoms with Crippen LogP contribution in [0, 0.1) is 5.41 Å². The van der Waals surface area contributed by atoms with E-state index in [0.717, 1.165) is 42.3 Å². The van der Waals surface area contributed by atoms with E-state index in [9.17, 15) is 9.59 Å². The molecule has 0 fully saturated rings. The number of nitrogens with zero attached hydrogens (tertiary/aromatic N) is 1. The van der Waals surface area contributed by atoms with Gasteiger partial charge in [-0.2, -0.15) is 0 Å². The zero-order valence-corrected chi connectivity index (χ0v) is 24.1. The van der Waals surface area contributed by atoms with Crippen molar-refractivity contribution >= 4 is 34.4 Å². The molecule has 41 heavy (non-hydrogen) atoms. The minimum atomic E-state index is -0.911. The van der Waals surface area contributed by atoms with Gasteiger partial charge in [0, 0.05) is 13.0 Å². The first-order valence-corrected chi connectivity index (χ1v) is 14.1. The zero-order valence-electron chi connectivity index (χ0n) is 24.1. The van der Waals surface area contributed by atoms with Crippen LogP contribution in [0.1, 0.15) is 49.5 Å². The number of fused-ring (bicyclic) bond motifs is 1. The van der Waals surface area contributed by atoms with E-state index in [2.05, 4.69) is 29.5 Å². The predicted octanol–water partition coefficient (Wildman–Crippen LogP) is 4.48. The lowest BCUT2D eigenvalue weighted by Crippen LogP contribution is -2.46. The van der Waals surface area contributed by atoms with Crippen molar-refractivity contribution in [3.05, 3.63) is 71.8 Å². The van der Waals surface area contributed by atoms with Crippen molar-refractivity contribution in [1.29, 1.82) is 5.41 Å². The molecular weight excluding hydrogens is 522 g/mol. The topological polar surface area (TPSA) is 139 Å². The number of benzene rings is 3. The largest absolute Gasteiger partial charge is 0.491 e. The molecule has 0 aliphatic heterocycles. The molecule has 1 atom stereocenters. The maximum atomic E-state index is 13.1. The summed E-state index contributed by atoms with van der Waals surface area (Å²) in [7, 11) is 0. The number of carbonyl (C=O) groups excluding carboxylic acids is 2. The number of ether oxygens (including phenoxy) is 2. The highest BCUT2D eigenvalue weighted by Gasteiger charge is 2.23. The number of hydrogen-bond donors (Lipinski definition) is 4. The quantitative estimate of drug-likeness (QED) is 0.0653. The summed E-state index contributed by atoms with van der Waals surface area (Å²) in [5, 5.41) is 12.5. The summed E-state index contributed by atoms with van der Waals surface area (Å²) in [4.78, 5) is 33.3. The number of nitrogens with two attached hydrogens (primary N) is 1. The predicted molar refractivity (Wildman–Crippen MR) is 161 cm³/mol. The fourth-order valence-corrected chi connectivity index (χ4v) is 4.23. The molecule has 0 unspecified atom stereocenters. The SMILES string of the molecule is CCCCOc1cc(C(=O)OCCN(CC)CC)ccc1NOC(=O)[C@@H](Cc1ccc2ccccc2c1)NC(=N)N. The Labute approximate surface area is 241 Å². The van der Waals surface area contributed by atoms with E-state index in [-0.39, 0.29) is 19.0 Å². The molecule has 0 aliphatic rings. The van der Waals surface area contributed by atoms with E-state index in [1.165, 1.54) is 0 Å². The minimum Gasteiger partial charge on any atom is -0.491 e. The second-order valence-corrected chi connectivity index (χ2v) is 9.60. The molecular formula is C31H41N5O5. The Morgan fingerprint density at radius 2 is 1.73 bits per heavy atom. The van der Waals surface area contributed by atoms with Crippen molar-refractivity contribution in [3.8, 4) is 5.75 Å². The Balaban J connectivity index is 1.69.